The van der Waals surface area contributed by atoms with Crippen molar-refractivity contribution >= 4 is 22.6 Å². The second-order valence-corrected chi connectivity index (χ2v) is 8.08. The van der Waals surface area contributed by atoms with Crippen LogP contribution in [0.2, 0.25) is 0 Å². The molecule has 4 rings (SSSR count). The van der Waals surface area contributed by atoms with Gasteiger partial charge in [0.1, 0.15) is 5.58 Å². The van der Waals surface area contributed by atoms with Crippen molar-refractivity contribution in [3.63, 3.8) is 0 Å². The van der Waals surface area contributed by atoms with Gasteiger partial charge in [-0.2, -0.15) is 0 Å². The number of benzene rings is 2. The lowest BCUT2D eigenvalue weighted by Gasteiger charge is -2.25. The van der Waals surface area contributed by atoms with Gasteiger partial charge in [0.2, 0.25) is 5.76 Å². The van der Waals surface area contributed by atoms with E-state index in [-0.39, 0.29) is 28.3 Å². The van der Waals surface area contributed by atoms with Gasteiger partial charge in [-0.15, -0.1) is 0 Å². The predicted molar refractivity (Wildman–Crippen MR) is 116 cm³/mol. The average Bonchev–Trinajstić information content (AvgIpc) is 3.01. The van der Waals surface area contributed by atoms with Crippen LogP contribution >= 0.6 is 0 Å². The Balaban J connectivity index is 1.90. The van der Waals surface area contributed by atoms with E-state index >= 15 is 0 Å². The number of fused-ring (bicyclic) bond motifs is 2. The zero-order valence-electron chi connectivity index (χ0n) is 17.6. The molecule has 160 valence electrons. The molecule has 0 saturated carbocycles. The SMILES string of the molecule is Cc1ccc2oc3c(c(=O)c2c1)[C@@H](c1cccc([N+](=O)[O-])c1)N(CCCN(C)C)C3=O. The van der Waals surface area contributed by atoms with Crippen molar-refractivity contribution in [2.24, 2.45) is 0 Å². The fourth-order valence-electron chi connectivity index (χ4n) is 4.08. The van der Waals surface area contributed by atoms with Crippen LogP contribution in [0.3, 0.4) is 0 Å². The second kappa shape index (κ2) is 7.96. The Morgan fingerprint density at radius 1 is 1.16 bits per heavy atom. The van der Waals surface area contributed by atoms with E-state index < -0.39 is 11.0 Å². The molecule has 3 aromatic rings. The lowest BCUT2D eigenvalue weighted by atomic mass is 9.97. The van der Waals surface area contributed by atoms with E-state index in [1.54, 1.807) is 29.2 Å². The summed E-state index contributed by atoms with van der Waals surface area (Å²) in [6.07, 6.45) is 0.685. The summed E-state index contributed by atoms with van der Waals surface area (Å²) >= 11 is 0. The van der Waals surface area contributed by atoms with Crippen LogP contribution in [0.5, 0.6) is 0 Å². The summed E-state index contributed by atoms with van der Waals surface area (Å²) in [7, 11) is 3.89. The minimum atomic E-state index is -0.731. The first-order valence-electron chi connectivity index (χ1n) is 10.1. The lowest BCUT2D eigenvalue weighted by Crippen LogP contribution is -2.32. The van der Waals surface area contributed by atoms with E-state index in [1.165, 1.54) is 12.1 Å². The lowest BCUT2D eigenvalue weighted by molar-refractivity contribution is -0.384. The highest BCUT2D eigenvalue weighted by molar-refractivity contribution is 5.99. The molecule has 31 heavy (non-hydrogen) atoms. The highest BCUT2D eigenvalue weighted by Gasteiger charge is 2.42. The van der Waals surface area contributed by atoms with Gasteiger partial charge < -0.3 is 14.2 Å². The maximum atomic E-state index is 13.5. The maximum absolute atomic E-state index is 13.5. The third-order valence-electron chi connectivity index (χ3n) is 5.52. The van der Waals surface area contributed by atoms with E-state index in [9.17, 15) is 19.7 Å². The molecule has 2 aromatic carbocycles. The van der Waals surface area contributed by atoms with Gasteiger partial charge in [0, 0.05) is 18.7 Å². The van der Waals surface area contributed by atoms with Crippen LogP contribution in [-0.2, 0) is 0 Å². The van der Waals surface area contributed by atoms with Gasteiger partial charge in [-0.05, 0) is 51.7 Å². The van der Waals surface area contributed by atoms with Crippen LogP contribution in [0, 0.1) is 17.0 Å². The highest BCUT2D eigenvalue weighted by atomic mass is 16.6. The molecule has 0 N–H and O–H groups in total. The Morgan fingerprint density at radius 2 is 1.94 bits per heavy atom. The van der Waals surface area contributed by atoms with E-state index in [4.69, 9.17) is 4.42 Å². The first-order chi connectivity index (χ1) is 14.8. The van der Waals surface area contributed by atoms with Gasteiger partial charge in [0.15, 0.2) is 5.43 Å². The Morgan fingerprint density at radius 3 is 2.65 bits per heavy atom. The van der Waals surface area contributed by atoms with E-state index in [0.717, 1.165) is 12.1 Å². The summed E-state index contributed by atoms with van der Waals surface area (Å²) in [5.41, 5.74) is 1.65. The summed E-state index contributed by atoms with van der Waals surface area (Å²) in [6, 6.07) is 10.6. The predicted octanol–water partition coefficient (Wildman–Crippen LogP) is 3.51. The largest absolute Gasteiger partial charge is 0.450 e. The number of aryl methyl sites for hydroxylation is 1. The zero-order valence-corrected chi connectivity index (χ0v) is 17.6. The minimum absolute atomic E-state index is 0.0164. The molecule has 0 fully saturated rings. The van der Waals surface area contributed by atoms with Gasteiger partial charge in [-0.3, -0.25) is 19.7 Å². The van der Waals surface area contributed by atoms with Crippen molar-refractivity contribution < 1.29 is 14.1 Å². The van der Waals surface area contributed by atoms with Gasteiger partial charge in [-0.1, -0.05) is 23.8 Å². The second-order valence-electron chi connectivity index (χ2n) is 8.08. The Kier molecular flexibility index (Phi) is 5.32. The van der Waals surface area contributed by atoms with Gasteiger partial charge in [0.05, 0.1) is 21.9 Å². The number of carbonyl (C=O) groups is 1. The van der Waals surface area contributed by atoms with E-state index in [2.05, 4.69) is 0 Å². The number of hydrogen-bond donors (Lipinski definition) is 0. The Hall–Kier alpha value is -3.52. The molecular formula is C23H23N3O5. The number of carbonyl (C=O) groups excluding carboxylic acids is 1. The molecule has 1 aliphatic heterocycles. The Bertz CT molecular complexity index is 1250. The molecule has 0 radical (unpaired) electrons. The van der Waals surface area contributed by atoms with Crippen LogP contribution < -0.4 is 5.43 Å². The van der Waals surface area contributed by atoms with Crippen molar-refractivity contribution in [2.75, 3.05) is 27.2 Å². The van der Waals surface area contributed by atoms with Gasteiger partial charge in [-0.25, -0.2) is 0 Å². The number of hydrogen-bond acceptors (Lipinski definition) is 6. The summed E-state index contributed by atoms with van der Waals surface area (Å²) in [6.45, 7) is 3.02. The molecule has 0 unspecified atom stereocenters. The molecule has 2 heterocycles. The number of amides is 1. The number of nitrogens with zero attached hydrogens (tertiary/aromatic N) is 3. The molecular weight excluding hydrogens is 398 g/mol. The number of nitro groups is 1. The fraction of sp³-hybridized carbons (Fsp3) is 0.304. The molecule has 8 nitrogen and oxygen atoms in total. The topological polar surface area (TPSA) is 96.9 Å². The van der Waals surface area contributed by atoms with Gasteiger partial charge in [0.25, 0.3) is 11.6 Å². The minimum Gasteiger partial charge on any atom is -0.450 e. The quantitative estimate of drug-likeness (QED) is 0.446. The number of nitro benzene ring substituents is 1. The van der Waals surface area contributed by atoms with Crippen molar-refractivity contribution in [3.05, 3.63) is 85.3 Å². The molecule has 0 spiro atoms. The summed E-state index contributed by atoms with van der Waals surface area (Å²) < 4.78 is 5.90. The maximum Gasteiger partial charge on any atom is 0.290 e. The molecule has 8 heteroatoms. The van der Waals surface area contributed by atoms with E-state index in [1.807, 2.05) is 32.0 Å². The smallest absolute Gasteiger partial charge is 0.290 e. The van der Waals surface area contributed by atoms with Crippen LogP contribution in [0.25, 0.3) is 11.0 Å². The van der Waals surface area contributed by atoms with Crippen molar-refractivity contribution in [1.82, 2.24) is 9.80 Å². The summed E-state index contributed by atoms with van der Waals surface area (Å²) in [4.78, 5) is 41.2. The summed E-state index contributed by atoms with van der Waals surface area (Å²) in [5.74, 6) is -0.354. The number of rotatable bonds is 6. The number of non-ortho nitro benzene ring substituents is 1. The zero-order chi connectivity index (χ0) is 22.3. The highest BCUT2D eigenvalue weighted by Crippen LogP contribution is 2.39. The normalized spacial score (nSPS) is 15.7. The van der Waals surface area contributed by atoms with E-state index in [0.29, 0.717) is 29.5 Å². The van der Waals surface area contributed by atoms with Gasteiger partial charge >= 0.3 is 0 Å². The fourth-order valence-corrected chi connectivity index (χ4v) is 4.08. The first-order valence-corrected chi connectivity index (χ1v) is 10.1. The third kappa shape index (κ3) is 3.70. The van der Waals surface area contributed by atoms with Crippen molar-refractivity contribution in [1.29, 1.82) is 0 Å². The molecule has 1 atom stereocenters. The molecule has 0 aliphatic carbocycles. The van der Waals surface area contributed by atoms with Crippen LogP contribution in [0.4, 0.5) is 5.69 Å². The van der Waals surface area contributed by atoms with Crippen LogP contribution in [0.15, 0.2) is 51.7 Å². The molecule has 0 bridgehead atoms. The monoisotopic (exact) mass is 421 g/mol. The molecule has 0 saturated heterocycles. The Labute approximate surface area is 178 Å². The average molecular weight is 421 g/mol. The first kappa shape index (κ1) is 20.7. The molecule has 1 amide bonds. The molecule has 1 aliphatic rings. The van der Waals surface area contributed by atoms with Crippen molar-refractivity contribution in [2.45, 2.75) is 19.4 Å². The standard InChI is InChI=1S/C23H23N3O5/c1-14-8-9-18-17(12-14)21(27)19-20(15-6-4-7-16(13-15)26(29)30)25(11-5-10-24(2)3)23(28)22(19)31-18/h4,6-9,12-13,20H,5,10-11H2,1-3H3/t20-/m1/s1. The van der Waals surface area contributed by atoms with Crippen LogP contribution in [0.1, 0.15) is 39.7 Å². The third-order valence-corrected chi connectivity index (χ3v) is 5.52. The van der Waals surface area contributed by atoms with Crippen molar-refractivity contribution in [3.8, 4) is 0 Å². The summed E-state index contributed by atoms with van der Waals surface area (Å²) in [5, 5.41) is 11.7. The molecule has 1 aromatic heterocycles. The van der Waals surface area contributed by atoms with Crippen LogP contribution in [-0.4, -0.2) is 47.8 Å².